The molecule has 0 amide bonds. The molecule has 1 saturated heterocycles. The number of benzene rings is 1. The van der Waals surface area contributed by atoms with E-state index >= 15 is 0 Å². The molecule has 0 spiro atoms. The van der Waals surface area contributed by atoms with E-state index in [1.54, 1.807) is 19.5 Å². The predicted octanol–water partition coefficient (Wildman–Crippen LogP) is 3.41. The molecule has 2 aliphatic heterocycles. The third-order valence-corrected chi connectivity index (χ3v) is 6.82. The summed E-state index contributed by atoms with van der Waals surface area (Å²) >= 11 is 0. The first kappa shape index (κ1) is 21.0. The molecule has 6 heteroatoms. The summed E-state index contributed by atoms with van der Waals surface area (Å²) in [6, 6.07) is 9.53. The molecule has 0 radical (unpaired) electrons. The number of likely N-dealkylation sites (tertiary alicyclic amines) is 1. The SMILES string of the molecule is COCCN1CCCC(C2OC(c3ccncc3)=C(c3ccc4c(c3)CCC4=O)C2=O)C1. The Morgan fingerprint density at radius 3 is 2.78 bits per heavy atom. The summed E-state index contributed by atoms with van der Waals surface area (Å²) < 4.78 is 11.7. The van der Waals surface area contributed by atoms with Gasteiger partial charge in [0.2, 0.25) is 5.78 Å². The molecule has 6 nitrogen and oxygen atoms in total. The lowest BCUT2D eigenvalue weighted by Gasteiger charge is -2.34. The molecule has 1 aromatic carbocycles. The molecule has 1 aromatic heterocycles. The molecular weight excluding hydrogens is 404 g/mol. The molecule has 32 heavy (non-hydrogen) atoms. The van der Waals surface area contributed by atoms with Gasteiger partial charge in [0.25, 0.3) is 0 Å². The standard InChI is InChI=1S/C26H28N2O4/c1-31-14-13-28-12-2-3-20(16-28)26-24(30)23(25(32-26)17-8-10-27-11-9-17)19-4-6-21-18(15-19)5-7-22(21)29/h4,6,8-11,15,20,26H,2-3,5,7,12-14,16H2,1H3. The summed E-state index contributed by atoms with van der Waals surface area (Å²) in [5.41, 5.74) is 4.12. The first-order valence-corrected chi connectivity index (χ1v) is 11.4. The maximum Gasteiger partial charge on any atom is 0.207 e. The second-order valence-corrected chi connectivity index (χ2v) is 8.83. The van der Waals surface area contributed by atoms with Crippen LogP contribution in [-0.2, 0) is 20.7 Å². The zero-order chi connectivity index (χ0) is 22.1. The van der Waals surface area contributed by atoms with Gasteiger partial charge < -0.3 is 14.4 Å². The Balaban J connectivity index is 1.48. The number of carbonyl (C=O) groups excluding carboxylic acids is 2. The smallest absolute Gasteiger partial charge is 0.207 e. The van der Waals surface area contributed by atoms with E-state index in [2.05, 4.69) is 9.88 Å². The zero-order valence-electron chi connectivity index (χ0n) is 18.4. The molecule has 0 N–H and O–H groups in total. The minimum absolute atomic E-state index is 0.0414. The van der Waals surface area contributed by atoms with Gasteiger partial charge in [-0.15, -0.1) is 0 Å². The van der Waals surface area contributed by atoms with Gasteiger partial charge in [-0.3, -0.25) is 14.6 Å². The lowest BCUT2D eigenvalue weighted by atomic mass is 9.87. The van der Waals surface area contributed by atoms with Crippen molar-refractivity contribution < 1.29 is 19.1 Å². The topological polar surface area (TPSA) is 68.7 Å². The average molecular weight is 433 g/mol. The fourth-order valence-electron chi connectivity index (χ4n) is 5.17. The van der Waals surface area contributed by atoms with Crippen molar-refractivity contribution in [1.29, 1.82) is 0 Å². The number of hydrogen-bond acceptors (Lipinski definition) is 6. The molecule has 0 saturated carbocycles. The van der Waals surface area contributed by atoms with Crippen LogP contribution in [0.2, 0.25) is 0 Å². The maximum atomic E-state index is 13.8. The highest BCUT2D eigenvalue weighted by Gasteiger charge is 2.42. The Kier molecular flexibility index (Phi) is 5.89. The third-order valence-electron chi connectivity index (χ3n) is 6.82. The van der Waals surface area contributed by atoms with Gasteiger partial charge in [-0.1, -0.05) is 18.2 Å². The third kappa shape index (κ3) is 3.89. The van der Waals surface area contributed by atoms with Crippen LogP contribution in [0.4, 0.5) is 0 Å². The van der Waals surface area contributed by atoms with Crippen molar-refractivity contribution in [1.82, 2.24) is 9.88 Å². The van der Waals surface area contributed by atoms with E-state index in [0.29, 0.717) is 24.4 Å². The van der Waals surface area contributed by atoms with Crippen molar-refractivity contribution in [3.8, 4) is 0 Å². The Hall–Kier alpha value is -2.83. The minimum atomic E-state index is -0.492. The molecule has 166 valence electrons. The number of aryl methyl sites for hydroxylation is 1. The average Bonchev–Trinajstić information content (AvgIpc) is 3.38. The summed E-state index contributed by atoms with van der Waals surface area (Å²) in [6.07, 6.45) is 6.23. The number of Topliss-reactive ketones (excluding diaryl/α,β-unsaturated/α-hetero) is 2. The van der Waals surface area contributed by atoms with Crippen LogP contribution in [-0.4, -0.2) is 60.9 Å². The maximum absolute atomic E-state index is 13.8. The van der Waals surface area contributed by atoms with Crippen LogP contribution in [0.1, 0.15) is 46.3 Å². The molecule has 3 aliphatic rings. The van der Waals surface area contributed by atoms with Gasteiger partial charge >= 0.3 is 0 Å². The lowest BCUT2D eigenvalue weighted by molar-refractivity contribution is -0.122. The van der Waals surface area contributed by atoms with E-state index in [-0.39, 0.29) is 17.5 Å². The lowest BCUT2D eigenvalue weighted by Crippen LogP contribution is -2.43. The van der Waals surface area contributed by atoms with Crippen molar-refractivity contribution >= 4 is 22.9 Å². The fraction of sp³-hybridized carbons (Fsp3) is 0.423. The van der Waals surface area contributed by atoms with E-state index in [9.17, 15) is 9.59 Å². The van der Waals surface area contributed by atoms with E-state index in [0.717, 1.165) is 61.2 Å². The number of hydrogen-bond donors (Lipinski definition) is 0. The number of nitrogens with zero attached hydrogens (tertiary/aromatic N) is 2. The van der Waals surface area contributed by atoms with Crippen LogP contribution >= 0.6 is 0 Å². The Morgan fingerprint density at radius 1 is 1.12 bits per heavy atom. The number of aromatic nitrogens is 1. The second kappa shape index (κ2) is 8.96. The summed E-state index contributed by atoms with van der Waals surface area (Å²) in [5.74, 6) is 0.985. The van der Waals surface area contributed by atoms with Crippen LogP contribution in [0.25, 0.3) is 11.3 Å². The van der Waals surface area contributed by atoms with E-state index < -0.39 is 6.10 Å². The molecule has 1 fully saturated rings. The van der Waals surface area contributed by atoms with Gasteiger partial charge in [0.15, 0.2) is 11.9 Å². The van der Waals surface area contributed by atoms with Gasteiger partial charge in [-0.25, -0.2) is 0 Å². The highest BCUT2D eigenvalue weighted by Crippen LogP contribution is 2.41. The number of carbonyl (C=O) groups is 2. The number of methoxy groups -OCH3 is 1. The number of fused-ring (bicyclic) bond motifs is 1. The highest BCUT2D eigenvalue weighted by molar-refractivity contribution is 6.31. The number of ether oxygens (including phenoxy) is 2. The monoisotopic (exact) mass is 432 g/mol. The highest BCUT2D eigenvalue weighted by atomic mass is 16.5. The predicted molar refractivity (Wildman–Crippen MR) is 121 cm³/mol. The Morgan fingerprint density at radius 2 is 1.97 bits per heavy atom. The van der Waals surface area contributed by atoms with E-state index in [1.807, 2.05) is 30.3 Å². The normalized spacial score (nSPS) is 23.5. The largest absolute Gasteiger partial charge is 0.481 e. The van der Waals surface area contributed by atoms with Crippen LogP contribution in [0, 0.1) is 5.92 Å². The molecule has 0 bridgehead atoms. The quantitative estimate of drug-likeness (QED) is 0.697. The molecule has 5 rings (SSSR count). The first-order chi connectivity index (χ1) is 15.7. The Labute approximate surface area is 188 Å². The van der Waals surface area contributed by atoms with Gasteiger partial charge in [-0.05, 0) is 49.1 Å². The van der Waals surface area contributed by atoms with Gasteiger partial charge in [0.05, 0.1) is 12.2 Å². The number of piperidine rings is 1. The summed E-state index contributed by atoms with van der Waals surface area (Å²) in [6.45, 7) is 3.41. The first-order valence-electron chi connectivity index (χ1n) is 11.4. The molecule has 2 atom stereocenters. The molecule has 2 unspecified atom stereocenters. The van der Waals surface area contributed by atoms with Crippen molar-refractivity contribution in [3.05, 3.63) is 65.0 Å². The number of ketones is 2. The van der Waals surface area contributed by atoms with E-state index in [4.69, 9.17) is 9.47 Å². The molecular formula is C26H28N2O4. The second-order valence-electron chi connectivity index (χ2n) is 8.83. The molecule has 3 heterocycles. The zero-order valence-corrected chi connectivity index (χ0v) is 18.4. The number of rotatable bonds is 6. The van der Waals surface area contributed by atoms with Crippen molar-refractivity contribution in [2.45, 2.75) is 31.8 Å². The van der Waals surface area contributed by atoms with Crippen LogP contribution in [0.3, 0.4) is 0 Å². The number of pyridine rings is 1. The minimum Gasteiger partial charge on any atom is -0.481 e. The van der Waals surface area contributed by atoms with Crippen LogP contribution < -0.4 is 0 Å². The molecule has 1 aliphatic carbocycles. The summed E-state index contributed by atoms with van der Waals surface area (Å²) in [4.78, 5) is 32.3. The Bertz CT molecular complexity index is 1060. The molecule has 2 aromatic rings. The van der Waals surface area contributed by atoms with Crippen molar-refractivity contribution in [2.24, 2.45) is 5.92 Å². The van der Waals surface area contributed by atoms with Crippen LogP contribution in [0.5, 0.6) is 0 Å². The fourth-order valence-corrected chi connectivity index (χ4v) is 5.17. The van der Waals surface area contributed by atoms with Crippen molar-refractivity contribution in [2.75, 3.05) is 33.4 Å². The van der Waals surface area contributed by atoms with Gasteiger partial charge in [0.1, 0.15) is 5.76 Å². The van der Waals surface area contributed by atoms with Crippen LogP contribution in [0.15, 0.2) is 42.7 Å². The van der Waals surface area contributed by atoms with E-state index in [1.165, 1.54) is 0 Å². The van der Waals surface area contributed by atoms with Gasteiger partial charge in [0, 0.05) is 56.1 Å². The summed E-state index contributed by atoms with van der Waals surface area (Å²) in [7, 11) is 1.71. The van der Waals surface area contributed by atoms with Crippen molar-refractivity contribution in [3.63, 3.8) is 0 Å². The summed E-state index contributed by atoms with van der Waals surface area (Å²) in [5, 5.41) is 0. The van der Waals surface area contributed by atoms with Gasteiger partial charge in [-0.2, -0.15) is 0 Å².